The minimum absolute atomic E-state index is 0. The fraction of sp³-hybridized carbons (Fsp3) is 0.389. The van der Waals surface area contributed by atoms with Gasteiger partial charge in [-0.2, -0.15) is 0 Å². The Bertz CT molecular complexity index is 934. The molecule has 6 nitrogen and oxygen atoms in total. The van der Waals surface area contributed by atoms with Crippen molar-refractivity contribution in [2.24, 2.45) is 0 Å². The van der Waals surface area contributed by atoms with Crippen LogP contribution in [0.2, 0.25) is 0 Å². The fourth-order valence-electron chi connectivity index (χ4n) is 2.97. The van der Waals surface area contributed by atoms with Crippen LogP contribution in [0.15, 0.2) is 46.2 Å². The molecule has 142 valence electrons. The Labute approximate surface area is 159 Å². The summed E-state index contributed by atoms with van der Waals surface area (Å²) in [5.74, 6) is 0.568. The highest BCUT2D eigenvalue weighted by Crippen LogP contribution is 2.20. The highest BCUT2D eigenvalue weighted by molar-refractivity contribution is 7.90. The molecule has 0 amide bonds. The number of benzene rings is 1. The maximum atomic E-state index is 12.5. The molecule has 0 atom stereocenters. The summed E-state index contributed by atoms with van der Waals surface area (Å²) in [4.78, 5) is 12.7. The van der Waals surface area contributed by atoms with Gasteiger partial charge in [-0.25, -0.2) is 8.42 Å². The van der Waals surface area contributed by atoms with Crippen molar-refractivity contribution in [1.82, 2.24) is 9.88 Å². The molecule has 0 spiro atoms. The molecule has 0 bridgehead atoms. The van der Waals surface area contributed by atoms with Crippen molar-refractivity contribution in [2.45, 2.75) is 30.8 Å². The second-order valence-electron chi connectivity index (χ2n) is 6.36. The minimum atomic E-state index is -3.27. The Kier molecular flexibility index (Phi) is 6.49. The summed E-state index contributed by atoms with van der Waals surface area (Å²) in [7, 11) is -3.27. The number of nitrogens with zero attached hydrogens (tertiary/aromatic N) is 1. The number of hydrogen-bond donors (Lipinski definition) is 1. The van der Waals surface area contributed by atoms with Gasteiger partial charge in [0.1, 0.15) is 11.9 Å². The number of sulfone groups is 1. The van der Waals surface area contributed by atoms with Gasteiger partial charge < -0.3 is 10.1 Å². The third kappa shape index (κ3) is 4.66. The zero-order valence-corrected chi connectivity index (χ0v) is 16.4. The normalized spacial score (nSPS) is 15.3. The first-order valence-electron chi connectivity index (χ1n) is 8.26. The van der Waals surface area contributed by atoms with E-state index in [4.69, 9.17) is 4.74 Å². The smallest absolute Gasteiger partial charge is 0.258 e. The van der Waals surface area contributed by atoms with Gasteiger partial charge in [0.05, 0.1) is 10.6 Å². The molecule has 1 aliphatic heterocycles. The molecular weight excluding hydrogens is 376 g/mol. The first kappa shape index (κ1) is 20.5. The molecule has 26 heavy (non-hydrogen) atoms. The Morgan fingerprint density at radius 2 is 1.85 bits per heavy atom. The lowest BCUT2D eigenvalue weighted by atomic mass is 10.1. The van der Waals surface area contributed by atoms with Crippen molar-refractivity contribution in [3.63, 3.8) is 0 Å². The van der Waals surface area contributed by atoms with Gasteiger partial charge in [0.25, 0.3) is 5.56 Å². The molecule has 0 saturated carbocycles. The lowest BCUT2D eigenvalue weighted by molar-refractivity contribution is 0.162. The number of nitrogens with one attached hydrogen (secondary N) is 1. The van der Waals surface area contributed by atoms with Gasteiger partial charge in [-0.15, -0.1) is 12.4 Å². The average Bonchev–Trinajstić information content (AvgIpc) is 2.56. The maximum Gasteiger partial charge on any atom is 0.258 e. The summed E-state index contributed by atoms with van der Waals surface area (Å²) in [6, 6.07) is 8.00. The largest absolute Gasteiger partial charge is 0.490 e. The van der Waals surface area contributed by atoms with Crippen molar-refractivity contribution in [3.05, 3.63) is 52.4 Å². The van der Waals surface area contributed by atoms with Gasteiger partial charge in [0.2, 0.25) is 0 Å². The summed E-state index contributed by atoms with van der Waals surface area (Å²) in [5, 5.41) is 3.28. The number of ether oxygens (including phenoxy) is 1. The fourth-order valence-corrected chi connectivity index (χ4v) is 3.67. The minimum Gasteiger partial charge on any atom is -0.490 e. The summed E-state index contributed by atoms with van der Waals surface area (Å²) in [6.45, 7) is 3.64. The van der Waals surface area contributed by atoms with E-state index in [0.29, 0.717) is 11.4 Å². The van der Waals surface area contributed by atoms with Crippen LogP contribution in [0.4, 0.5) is 0 Å². The molecule has 0 aliphatic carbocycles. The monoisotopic (exact) mass is 398 g/mol. The standard InChI is InChI=1S/C18H22N2O4S.ClH/c1-13-11-16(25(2,22)23)3-4-17(13)20-10-7-15(12-18(20)21)24-14-5-8-19-9-6-14;/h3-4,7,10-12,14,19H,5-6,8-9H2,1-2H3;1H. The van der Waals surface area contributed by atoms with Gasteiger partial charge in [0.15, 0.2) is 9.84 Å². The van der Waals surface area contributed by atoms with Gasteiger partial charge in [0, 0.05) is 18.5 Å². The lowest BCUT2D eigenvalue weighted by Crippen LogP contribution is -2.34. The molecular formula is C18H23ClN2O4S. The van der Waals surface area contributed by atoms with Crippen LogP contribution in [0, 0.1) is 6.92 Å². The van der Waals surface area contributed by atoms with E-state index in [1.54, 1.807) is 31.3 Å². The third-order valence-corrected chi connectivity index (χ3v) is 5.45. The zero-order valence-electron chi connectivity index (χ0n) is 14.8. The molecule has 2 aromatic rings. The van der Waals surface area contributed by atoms with Crippen LogP contribution in [0.5, 0.6) is 5.75 Å². The van der Waals surface area contributed by atoms with E-state index in [1.165, 1.54) is 23.0 Å². The highest BCUT2D eigenvalue weighted by Gasteiger charge is 2.15. The van der Waals surface area contributed by atoms with Gasteiger partial charge in [-0.3, -0.25) is 9.36 Å². The molecule has 1 saturated heterocycles. The average molecular weight is 399 g/mol. The van der Waals surface area contributed by atoms with Gasteiger partial charge >= 0.3 is 0 Å². The number of hydrogen-bond acceptors (Lipinski definition) is 5. The molecule has 8 heteroatoms. The molecule has 1 aliphatic rings. The number of halogens is 1. The van der Waals surface area contributed by atoms with Gasteiger partial charge in [-0.05, 0) is 62.7 Å². The predicted octanol–water partition coefficient (Wildman–Crippen LogP) is 2.10. The van der Waals surface area contributed by atoms with Crippen molar-refractivity contribution in [2.75, 3.05) is 19.3 Å². The second kappa shape index (κ2) is 8.24. The third-order valence-electron chi connectivity index (χ3n) is 4.34. The van der Waals surface area contributed by atoms with E-state index in [2.05, 4.69) is 5.32 Å². The Morgan fingerprint density at radius 3 is 2.42 bits per heavy atom. The van der Waals surface area contributed by atoms with Crippen LogP contribution in [0.1, 0.15) is 18.4 Å². The van der Waals surface area contributed by atoms with E-state index < -0.39 is 9.84 Å². The Morgan fingerprint density at radius 1 is 1.15 bits per heavy atom. The number of piperidine rings is 1. The SMILES string of the molecule is Cc1cc(S(C)(=O)=O)ccc1-n1ccc(OC2CCNCC2)cc1=O.Cl. The van der Waals surface area contributed by atoms with Crippen LogP contribution >= 0.6 is 12.4 Å². The van der Waals surface area contributed by atoms with E-state index in [0.717, 1.165) is 31.5 Å². The Hall–Kier alpha value is -1.83. The molecule has 2 heterocycles. The molecule has 1 fully saturated rings. The molecule has 1 aromatic carbocycles. The van der Waals surface area contributed by atoms with E-state index in [1.807, 2.05) is 0 Å². The van der Waals surface area contributed by atoms with E-state index >= 15 is 0 Å². The number of aromatic nitrogens is 1. The summed E-state index contributed by atoms with van der Waals surface area (Å²) in [6.07, 6.45) is 4.82. The summed E-state index contributed by atoms with van der Waals surface area (Å²) >= 11 is 0. The maximum absolute atomic E-state index is 12.5. The summed E-state index contributed by atoms with van der Waals surface area (Å²) < 4.78 is 30.7. The van der Waals surface area contributed by atoms with Crippen LogP contribution < -0.4 is 15.6 Å². The quantitative estimate of drug-likeness (QED) is 0.853. The number of pyridine rings is 1. The molecule has 1 N–H and O–H groups in total. The van der Waals surface area contributed by atoms with Crippen LogP contribution in [-0.2, 0) is 9.84 Å². The van der Waals surface area contributed by atoms with Crippen molar-refractivity contribution in [1.29, 1.82) is 0 Å². The molecule has 1 aromatic heterocycles. The topological polar surface area (TPSA) is 77.4 Å². The van der Waals surface area contributed by atoms with E-state index in [-0.39, 0.29) is 29.0 Å². The molecule has 0 radical (unpaired) electrons. The Balaban J connectivity index is 0.00000243. The zero-order chi connectivity index (χ0) is 18.0. The van der Waals surface area contributed by atoms with Crippen LogP contribution in [-0.4, -0.2) is 38.4 Å². The first-order chi connectivity index (χ1) is 11.8. The molecule has 0 unspecified atom stereocenters. The van der Waals surface area contributed by atoms with Crippen molar-refractivity contribution < 1.29 is 13.2 Å². The summed E-state index contributed by atoms with van der Waals surface area (Å²) in [5.41, 5.74) is 1.17. The van der Waals surface area contributed by atoms with Crippen LogP contribution in [0.25, 0.3) is 5.69 Å². The number of aryl methyl sites for hydroxylation is 1. The predicted molar refractivity (Wildman–Crippen MR) is 104 cm³/mol. The van der Waals surface area contributed by atoms with E-state index in [9.17, 15) is 13.2 Å². The second-order valence-corrected chi connectivity index (χ2v) is 8.37. The highest BCUT2D eigenvalue weighted by atomic mass is 35.5. The van der Waals surface area contributed by atoms with Crippen molar-refractivity contribution in [3.8, 4) is 11.4 Å². The van der Waals surface area contributed by atoms with Crippen LogP contribution in [0.3, 0.4) is 0 Å². The molecule has 3 rings (SSSR count). The number of rotatable bonds is 4. The lowest BCUT2D eigenvalue weighted by Gasteiger charge is -2.23. The first-order valence-corrected chi connectivity index (χ1v) is 10.1. The van der Waals surface area contributed by atoms with Gasteiger partial charge in [-0.1, -0.05) is 0 Å². The van der Waals surface area contributed by atoms with Crippen molar-refractivity contribution >= 4 is 22.2 Å².